The van der Waals surface area contributed by atoms with E-state index in [4.69, 9.17) is 15.6 Å². The van der Waals surface area contributed by atoms with E-state index in [1.54, 1.807) is 13.8 Å². The molecular formula is C28H42N6O12S. The highest BCUT2D eigenvalue weighted by atomic mass is 32.2. The van der Waals surface area contributed by atoms with Crippen LogP contribution >= 0.6 is 0 Å². The molecule has 18 nitrogen and oxygen atoms in total. The molecule has 0 fully saturated rings. The summed E-state index contributed by atoms with van der Waals surface area (Å²) in [5, 5.41) is 27.5. The number of carboxylic acid groups (broad SMARTS) is 2. The molecule has 9 N–H and O–H groups in total. The number of ether oxygens (including phenoxy) is 1. The maximum absolute atomic E-state index is 13.3. The number of primary amides is 1. The summed E-state index contributed by atoms with van der Waals surface area (Å²) < 4.78 is 32.3. The van der Waals surface area contributed by atoms with Crippen LogP contribution in [0.2, 0.25) is 0 Å². The Morgan fingerprint density at radius 1 is 0.766 bits per heavy atom. The first-order chi connectivity index (χ1) is 21.9. The maximum atomic E-state index is 13.3. The summed E-state index contributed by atoms with van der Waals surface area (Å²) in [6.07, 6.45) is -2.01. The predicted octanol–water partition coefficient (Wildman–Crippen LogP) is -1.81. The van der Waals surface area contributed by atoms with Crippen LogP contribution in [0.5, 0.6) is 5.75 Å². The number of benzene rings is 1. The van der Waals surface area contributed by atoms with Gasteiger partial charge in [-0.15, -0.1) is 0 Å². The number of carbonyl (C=O) groups is 7. The number of nitrogens with one attached hydrogen (secondary N) is 5. The van der Waals surface area contributed by atoms with E-state index in [2.05, 4.69) is 26.0 Å². The molecule has 0 aromatic heterocycles. The smallest absolute Gasteiger partial charge is 0.303 e. The number of methoxy groups -OCH3 is 1. The minimum atomic E-state index is -4.12. The van der Waals surface area contributed by atoms with Gasteiger partial charge in [0.25, 0.3) is 0 Å². The second-order valence-corrected chi connectivity index (χ2v) is 12.6. The molecule has 5 amide bonds. The third kappa shape index (κ3) is 14.9. The fourth-order valence-corrected chi connectivity index (χ4v) is 4.93. The van der Waals surface area contributed by atoms with Gasteiger partial charge in [-0.2, -0.15) is 0 Å². The quantitative estimate of drug-likeness (QED) is 0.0710. The van der Waals surface area contributed by atoms with Gasteiger partial charge >= 0.3 is 11.9 Å². The van der Waals surface area contributed by atoms with Crippen LogP contribution in [0.4, 0.5) is 0 Å². The molecule has 1 aromatic rings. The Labute approximate surface area is 271 Å². The Morgan fingerprint density at radius 3 is 1.66 bits per heavy atom. The van der Waals surface area contributed by atoms with E-state index in [-0.39, 0.29) is 17.2 Å². The number of nitrogens with two attached hydrogens (primary N) is 1. The van der Waals surface area contributed by atoms with Gasteiger partial charge in [0.05, 0.1) is 18.6 Å². The third-order valence-electron chi connectivity index (χ3n) is 6.50. The lowest BCUT2D eigenvalue weighted by molar-refractivity contribution is -0.140. The van der Waals surface area contributed by atoms with Gasteiger partial charge in [0, 0.05) is 12.8 Å². The van der Waals surface area contributed by atoms with Crippen LogP contribution in [0, 0.1) is 5.92 Å². The van der Waals surface area contributed by atoms with E-state index in [0.29, 0.717) is 5.75 Å². The Balaban J connectivity index is 3.10. The van der Waals surface area contributed by atoms with Crippen molar-refractivity contribution in [3.63, 3.8) is 0 Å². The van der Waals surface area contributed by atoms with Crippen LogP contribution in [0.15, 0.2) is 29.2 Å². The van der Waals surface area contributed by atoms with Crippen molar-refractivity contribution in [2.45, 2.75) is 81.9 Å². The van der Waals surface area contributed by atoms with Gasteiger partial charge in [0.15, 0.2) is 0 Å². The van der Waals surface area contributed by atoms with Crippen molar-refractivity contribution in [1.29, 1.82) is 0 Å². The van der Waals surface area contributed by atoms with E-state index in [9.17, 15) is 47.1 Å². The highest BCUT2D eigenvalue weighted by Gasteiger charge is 2.31. The topological polar surface area (TPSA) is 289 Å². The summed E-state index contributed by atoms with van der Waals surface area (Å²) >= 11 is 0. The molecule has 262 valence electrons. The first kappa shape index (κ1) is 40.2. The average Bonchev–Trinajstić information content (AvgIpc) is 2.99. The van der Waals surface area contributed by atoms with Gasteiger partial charge in [-0.3, -0.25) is 33.6 Å². The Hall–Kier alpha value is -4.78. The molecule has 0 aliphatic rings. The van der Waals surface area contributed by atoms with Crippen molar-refractivity contribution in [2.75, 3.05) is 13.7 Å². The second kappa shape index (κ2) is 19.0. The largest absolute Gasteiger partial charge is 0.497 e. The highest BCUT2D eigenvalue weighted by molar-refractivity contribution is 7.89. The molecule has 4 atom stereocenters. The first-order valence-corrected chi connectivity index (χ1v) is 15.9. The second-order valence-electron chi connectivity index (χ2n) is 10.9. The number of sulfonamides is 1. The number of hydrogen-bond donors (Lipinski definition) is 8. The van der Waals surface area contributed by atoms with Crippen molar-refractivity contribution >= 4 is 51.5 Å². The highest BCUT2D eigenvalue weighted by Crippen LogP contribution is 2.15. The molecule has 0 unspecified atom stereocenters. The van der Waals surface area contributed by atoms with E-state index >= 15 is 0 Å². The van der Waals surface area contributed by atoms with Crippen molar-refractivity contribution in [3.8, 4) is 5.75 Å². The lowest BCUT2D eigenvalue weighted by Gasteiger charge is -2.26. The van der Waals surface area contributed by atoms with Gasteiger partial charge in [0.2, 0.25) is 39.6 Å². The normalized spacial score (nSPS) is 13.7. The molecule has 1 aromatic carbocycles. The molecule has 19 heteroatoms. The fraction of sp³-hybridized carbons (Fsp3) is 0.536. The molecule has 0 aliphatic heterocycles. The van der Waals surface area contributed by atoms with Gasteiger partial charge in [-0.25, -0.2) is 13.1 Å². The van der Waals surface area contributed by atoms with Crippen molar-refractivity contribution in [3.05, 3.63) is 24.3 Å². The van der Waals surface area contributed by atoms with Crippen LogP contribution in [-0.4, -0.2) is 97.9 Å². The lowest BCUT2D eigenvalue weighted by Crippen LogP contribution is -2.58. The van der Waals surface area contributed by atoms with E-state index in [1.807, 2.05) is 0 Å². The minimum Gasteiger partial charge on any atom is -0.497 e. The van der Waals surface area contributed by atoms with Gasteiger partial charge in [-0.1, -0.05) is 13.8 Å². The third-order valence-corrected chi connectivity index (χ3v) is 7.91. The minimum absolute atomic E-state index is 0.0325. The zero-order valence-electron chi connectivity index (χ0n) is 26.4. The number of rotatable bonds is 21. The van der Waals surface area contributed by atoms with Crippen molar-refractivity contribution in [1.82, 2.24) is 26.0 Å². The number of aliphatic carboxylic acids is 2. The fourth-order valence-electron chi connectivity index (χ4n) is 3.95. The average molecular weight is 687 g/mol. The molecule has 0 radical (unpaired) electrons. The lowest BCUT2D eigenvalue weighted by atomic mass is 10.0. The monoisotopic (exact) mass is 686 g/mol. The standard InChI is InChI=1S/C28H42N6O12S/c1-15(2)13-21(32-22(35)14-30-47(44,45)18-7-5-17(46-4)6-8-18)28(43)34-20(10-12-24(38)39)27(42)33-19(9-11-23(36)37)26(41)31-16(3)25(29)40/h5-8,15-16,19-21,30H,9-14H2,1-4H3,(H2,29,40)(H,31,41)(H,32,35)(H,33,42)(H,34,43)(H,36,37)(H,38,39)/t16-,19-,20-,21-/m0/s1. The molecule has 0 saturated carbocycles. The van der Waals surface area contributed by atoms with Crippen LogP contribution < -0.4 is 36.5 Å². The van der Waals surface area contributed by atoms with Crippen LogP contribution in [0.1, 0.15) is 52.9 Å². The van der Waals surface area contributed by atoms with Crippen molar-refractivity contribution < 1.29 is 56.9 Å². The van der Waals surface area contributed by atoms with E-state index in [1.165, 1.54) is 38.3 Å². The van der Waals surface area contributed by atoms with E-state index < -0.39 is 108 Å². The maximum Gasteiger partial charge on any atom is 0.303 e. The van der Waals surface area contributed by atoms with Crippen molar-refractivity contribution in [2.24, 2.45) is 11.7 Å². The summed E-state index contributed by atoms with van der Waals surface area (Å²) in [7, 11) is -2.71. The zero-order valence-corrected chi connectivity index (χ0v) is 27.2. The number of amides is 5. The zero-order chi connectivity index (χ0) is 35.9. The van der Waals surface area contributed by atoms with Crippen LogP contribution in [-0.2, 0) is 43.6 Å². The Kier molecular flexibility index (Phi) is 16.3. The molecule has 0 saturated heterocycles. The first-order valence-electron chi connectivity index (χ1n) is 14.4. The summed E-state index contributed by atoms with van der Waals surface area (Å²) in [5.74, 6) is -7.08. The molecular weight excluding hydrogens is 644 g/mol. The molecule has 0 spiro atoms. The Bertz CT molecular complexity index is 1400. The predicted molar refractivity (Wildman–Crippen MR) is 164 cm³/mol. The van der Waals surface area contributed by atoms with E-state index in [0.717, 1.165) is 0 Å². The molecule has 0 bridgehead atoms. The Morgan fingerprint density at radius 2 is 1.23 bits per heavy atom. The van der Waals surface area contributed by atoms with Crippen LogP contribution in [0.3, 0.4) is 0 Å². The van der Waals surface area contributed by atoms with Gasteiger partial charge in [0.1, 0.15) is 29.9 Å². The molecule has 1 rings (SSSR count). The van der Waals surface area contributed by atoms with Crippen LogP contribution in [0.25, 0.3) is 0 Å². The molecule has 0 aliphatic carbocycles. The summed E-state index contributed by atoms with van der Waals surface area (Å²) in [5.41, 5.74) is 5.15. The number of carbonyl (C=O) groups excluding carboxylic acids is 5. The summed E-state index contributed by atoms with van der Waals surface area (Å²) in [4.78, 5) is 85.6. The molecule has 47 heavy (non-hydrogen) atoms. The SMILES string of the molecule is COc1ccc(S(=O)(=O)NCC(=O)N[C@@H](CC(C)C)C(=O)N[C@@H](CCC(=O)O)C(=O)N[C@@H](CCC(=O)O)C(=O)N[C@@H](C)C(N)=O)cc1. The molecule has 0 heterocycles. The summed E-state index contributed by atoms with van der Waals surface area (Å²) in [6, 6.07) is -0.170. The summed E-state index contributed by atoms with van der Waals surface area (Å²) in [6.45, 7) is 3.97. The number of hydrogen-bond acceptors (Lipinski definition) is 10. The van der Waals surface area contributed by atoms with Gasteiger partial charge in [-0.05, 0) is 56.4 Å². The van der Waals surface area contributed by atoms with Gasteiger partial charge < -0.3 is 42.0 Å². The number of carboxylic acids is 2.